The van der Waals surface area contributed by atoms with Crippen molar-refractivity contribution in [3.63, 3.8) is 0 Å². The molecule has 0 radical (unpaired) electrons. The number of nitrogens with zero attached hydrogens (tertiary/aromatic N) is 1. The van der Waals surface area contributed by atoms with Crippen molar-refractivity contribution in [2.24, 2.45) is 5.92 Å². The third-order valence-electron chi connectivity index (χ3n) is 3.49. The molecule has 0 saturated carbocycles. The normalized spacial score (nSPS) is 12.0. The number of thiazole rings is 1. The van der Waals surface area contributed by atoms with E-state index in [0.29, 0.717) is 22.7 Å². The second kappa shape index (κ2) is 8.71. The number of rotatable bonds is 7. The maximum absolute atomic E-state index is 13.3. The van der Waals surface area contributed by atoms with Crippen LogP contribution in [0, 0.1) is 11.7 Å². The number of carbonyl (C=O) groups excluding carboxylic acids is 2. The third-order valence-corrected chi connectivity index (χ3v) is 4.43. The number of hydrogen-bond acceptors (Lipinski definition) is 5. The zero-order valence-electron chi connectivity index (χ0n) is 14.4. The molecule has 1 aromatic carbocycles. The minimum absolute atomic E-state index is 0.0530. The minimum Gasteiger partial charge on any atom is -0.467 e. The van der Waals surface area contributed by atoms with Gasteiger partial charge < -0.3 is 10.1 Å². The number of aromatic nitrogens is 1. The molecule has 0 fully saturated rings. The number of nitrogens with one attached hydrogen (secondary N) is 1. The summed E-state index contributed by atoms with van der Waals surface area (Å²) < 4.78 is 18.0. The third kappa shape index (κ3) is 5.63. The lowest BCUT2D eigenvalue weighted by atomic mass is 10.0. The van der Waals surface area contributed by atoms with E-state index in [1.165, 1.54) is 30.6 Å². The molecule has 1 heterocycles. The van der Waals surface area contributed by atoms with Gasteiger partial charge in [0.25, 0.3) is 0 Å². The van der Waals surface area contributed by atoms with Gasteiger partial charge >= 0.3 is 5.97 Å². The molecule has 2 rings (SSSR count). The number of ether oxygens (including phenoxy) is 1. The summed E-state index contributed by atoms with van der Waals surface area (Å²) in [5.41, 5.74) is 1.25. The van der Waals surface area contributed by atoms with E-state index < -0.39 is 12.0 Å². The number of esters is 1. The van der Waals surface area contributed by atoms with Crippen molar-refractivity contribution in [1.82, 2.24) is 10.3 Å². The Hall–Kier alpha value is -2.28. The van der Waals surface area contributed by atoms with Crippen LogP contribution in [0.5, 0.6) is 0 Å². The Bertz CT molecular complexity index is 745. The molecule has 0 aliphatic rings. The van der Waals surface area contributed by atoms with Gasteiger partial charge in [0.05, 0.1) is 19.2 Å². The Morgan fingerprint density at radius 2 is 2.12 bits per heavy atom. The molecule has 2 aromatic rings. The van der Waals surface area contributed by atoms with Crippen molar-refractivity contribution in [3.8, 4) is 10.6 Å². The van der Waals surface area contributed by atoms with E-state index in [1.54, 1.807) is 17.5 Å². The van der Waals surface area contributed by atoms with Gasteiger partial charge in [-0.2, -0.15) is 0 Å². The maximum atomic E-state index is 13.3. The molecular formula is C18H21FN2O3S. The first kappa shape index (κ1) is 19.1. The highest BCUT2D eigenvalue weighted by Crippen LogP contribution is 2.24. The van der Waals surface area contributed by atoms with Crippen LogP contribution in [-0.4, -0.2) is 30.0 Å². The molecule has 1 aromatic heterocycles. The predicted octanol–water partition coefficient (Wildman–Crippen LogP) is 3.20. The summed E-state index contributed by atoms with van der Waals surface area (Å²) in [6, 6.07) is 5.48. The molecule has 0 saturated heterocycles. The Morgan fingerprint density at radius 3 is 2.76 bits per heavy atom. The molecule has 7 heteroatoms. The smallest absolute Gasteiger partial charge is 0.328 e. The maximum Gasteiger partial charge on any atom is 0.328 e. The molecule has 25 heavy (non-hydrogen) atoms. The van der Waals surface area contributed by atoms with Gasteiger partial charge in [-0.05, 0) is 24.5 Å². The Kier molecular flexibility index (Phi) is 6.64. The monoisotopic (exact) mass is 364 g/mol. The lowest BCUT2D eigenvalue weighted by molar-refractivity contribution is -0.145. The van der Waals surface area contributed by atoms with Crippen molar-refractivity contribution in [2.45, 2.75) is 32.7 Å². The van der Waals surface area contributed by atoms with Crippen molar-refractivity contribution < 1.29 is 18.7 Å². The number of benzene rings is 1. The first-order chi connectivity index (χ1) is 11.9. The molecule has 1 amide bonds. The first-order valence-corrected chi connectivity index (χ1v) is 8.84. The van der Waals surface area contributed by atoms with Crippen LogP contribution < -0.4 is 5.32 Å². The van der Waals surface area contributed by atoms with Crippen LogP contribution in [0.15, 0.2) is 29.6 Å². The average Bonchev–Trinajstić information content (AvgIpc) is 3.01. The van der Waals surface area contributed by atoms with E-state index in [0.717, 1.165) is 0 Å². The Balaban J connectivity index is 2.01. The molecule has 0 bridgehead atoms. The highest BCUT2D eigenvalue weighted by Gasteiger charge is 2.23. The summed E-state index contributed by atoms with van der Waals surface area (Å²) in [6.45, 7) is 3.93. The van der Waals surface area contributed by atoms with Gasteiger partial charge in [-0.3, -0.25) is 4.79 Å². The van der Waals surface area contributed by atoms with Crippen LogP contribution in [0.25, 0.3) is 10.6 Å². The minimum atomic E-state index is -0.668. The van der Waals surface area contributed by atoms with Gasteiger partial charge in [0.1, 0.15) is 16.9 Å². The van der Waals surface area contributed by atoms with Gasteiger partial charge in [-0.15, -0.1) is 11.3 Å². The van der Waals surface area contributed by atoms with Gasteiger partial charge in [-0.25, -0.2) is 14.2 Å². The molecule has 1 N–H and O–H groups in total. The number of amides is 1. The number of halogens is 1. The van der Waals surface area contributed by atoms with E-state index in [1.807, 2.05) is 13.8 Å². The van der Waals surface area contributed by atoms with Crippen LogP contribution in [0.3, 0.4) is 0 Å². The van der Waals surface area contributed by atoms with Crippen LogP contribution in [0.4, 0.5) is 4.39 Å². The fraction of sp³-hybridized carbons (Fsp3) is 0.389. The van der Waals surface area contributed by atoms with Crippen molar-refractivity contribution in [2.75, 3.05) is 7.11 Å². The topological polar surface area (TPSA) is 68.3 Å². The molecule has 134 valence electrons. The molecule has 1 unspecified atom stereocenters. The van der Waals surface area contributed by atoms with E-state index in [9.17, 15) is 14.0 Å². The number of carbonyl (C=O) groups is 2. The van der Waals surface area contributed by atoms with Gasteiger partial charge in [0.2, 0.25) is 5.91 Å². The number of hydrogen-bond donors (Lipinski definition) is 1. The number of methoxy groups -OCH3 is 1. The summed E-state index contributed by atoms with van der Waals surface area (Å²) in [5.74, 6) is -0.849. The first-order valence-electron chi connectivity index (χ1n) is 7.96. The quantitative estimate of drug-likeness (QED) is 0.766. The summed E-state index contributed by atoms with van der Waals surface area (Å²) in [7, 11) is 1.30. The molecule has 0 aliphatic heterocycles. The summed E-state index contributed by atoms with van der Waals surface area (Å²) in [5, 5.41) is 5.10. The zero-order valence-corrected chi connectivity index (χ0v) is 15.2. The van der Waals surface area contributed by atoms with Crippen LogP contribution in [0.2, 0.25) is 0 Å². The van der Waals surface area contributed by atoms with E-state index in [-0.39, 0.29) is 24.1 Å². The summed E-state index contributed by atoms with van der Waals surface area (Å²) in [6.07, 6.45) is 0.557. The SMILES string of the molecule is COC(=O)C(CC(C)C)NC(=O)Cc1csc(-c2cccc(F)c2)n1. The van der Waals surface area contributed by atoms with E-state index in [2.05, 4.69) is 10.3 Å². The van der Waals surface area contributed by atoms with Crippen molar-refractivity contribution in [3.05, 3.63) is 41.2 Å². The highest BCUT2D eigenvalue weighted by molar-refractivity contribution is 7.13. The zero-order chi connectivity index (χ0) is 18.4. The van der Waals surface area contributed by atoms with Crippen LogP contribution in [0.1, 0.15) is 26.0 Å². The Morgan fingerprint density at radius 1 is 1.36 bits per heavy atom. The molecular weight excluding hydrogens is 343 g/mol. The molecule has 0 aliphatic carbocycles. The van der Waals surface area contributed by atoms with Gasteiger partial charge in [-0.1, -0.05) is 26.0 Å². The van der Waals surface area contributed by atoms with Gasteiger partial charge in [0.15, 0.2) is 0 Å². The molecule has 1 atom stereocenters. The predicted molar refractivity (Wildman–Crippen MR) is 94.6 cm³/mol. The lowest BCUT2D eigenvalue weighted by Gasteiger charge is -2.18. The van der Waals surface area contributed by atoms with E-state index in [4.69, 9.17) is 4.74 Å². The molecule has 5 nitrogen and oxygen atoms in total. The molecule has 0 spiro atoms. The fourth-order valence-corrected chi connectivity index (χ4v) is 3.20. The second-order valence-electron chi connectivity index (χ2n) is 6.10. The summed E-state index contributed by atoms with van der Waals surface area (Å²) in [4.78, 5) is 28.4. The largest absolute Gasteiger partial charge is 0.467 e. The summed E-state index contributed by atoms with van der Waals surface area (Å²) >= 11 is 1.34. The Labute approximate surface area is 150 Å². The van der Waals surface area contributed by atoms with E-state index >= 15 is 0 Å². The van der Waals surface area contributed by atoms with Crippen LogP contribution >= 0.6 is 11.3 Å². The highest BCUT2D eigenvalue weighted by atomic mass is 32.1. The van der Waals surface area contributed by atoms with Crippen molar-refractivity contribution in [1.29, 1.82) is 0 Å². The standard InChI is InChI=1S/C18H21FN2O3S/c1-11(2)7-15(18(23)24-3)21-16(22)9-14-10-25-17(20-14)12-5-4-6-13(19)8-12/h4-6,8,10-11,15H,7,9H2,1-3H3,(H,21,22). The van der Waals surface area contributed by atoms with Crippen LogP contribution in [-0.2, 0) is 20.7 Å². The van der Waals surface area contributed by atoms with Gasteiger partial charge in [0, 0.05) is 10.9 Å². The second-order valence-corrected chi connectivity index (χ2v) is 6.96. The van der Waals surface area contributed by atoms with Crippen molar-refractivity contribution >= 4 is 23.2 Å². The fourth-order valence-electron chi connectivity index (χ4n) is 2.38. The lowest BCUT2D eigenvalue weighted by Crippen LogP contribution is -2.43. The average molecular weight is 364 g/mol.